The Bertz CT molecular complexity index is 898. The molecule has 0 saturated carbocycles. The molecule has 2 rings (SSSR count). The summed E-state index contributed by atoms with van der Waals surface area (Å²) in [7, 11) is -0.907. The van der Waals surface area contributed by atoms with Crippen molar-refractivity contribution in [1.82, 2.24) is 4.90 Å². The molecule has 0 spiro atoms. The molecular formula is C16H16ClFN2O3S. The van der Waals surface area contributed by atoms with Gasteiger partial charge in [0.2, 0.25) is 0 Å². The lowest BCUT2D eigenvalue weighted by atomic mass is 10.1. The van der Waals surface area contributed by atoms with E-state index < -0.39 is 15.8 Å². The molecule has 5 nitrogen and oxygen atoms in total. The maximum Gasteiger partial charge on any atom is 0.263 e. The third-order valence-corrected chi connectivity index (χ3v) is 5.16. The summed E-state index contributed by atoms with van der Waals surface area (Å²) >= 11 is 5.86. The molecule has 0 aromatic heterocycles. The topological polar surface area (TPSA) is 66.5 Å². The number of carbonyl (C=O) groups excluding carboxylic acids is 1. The van der Waals surface area contributed by atoms with Crippen molar-refractivity contribution in [2.45, 2.75) is 11.8 Å². The Balaban J connectivity index is 2.44. The van der Waals surface area contributed by atoms with E-state index in [9.17, 15) is 17.6 Å². The number of nitrogens with one attached hydrogen (secondary N) is 1. The summed E-state index contributed by atoms with van der Waals surface area (Å²) in [6.45, 7) is 1.69. The highest BCUT2D eigenvalue weighted by Gasteiger charge is 2.20. The Morgan fingerprint density at radius 1 is 1.17 bits per heavy atom. The molecule has 2 aromatic carbocycles. The van der Waals surface area contributed by atoms with Crippen molar-refractivity contribution in [3.05, 3.63) is 58.4 Å². The third-order valence-electron chi connectivity index (χ3n) is 3.32. The fourth-order valence-corrected chi connectivity index (χ4v) is 3.64. The number of rotatable bonds is 4. The average molecular weight is 371 g/mol. The maximum atomic E-state index is 13.4. The average Bonchev–Trinajstić information content (AvgIpc) is 2.50. The normalized spacial score (nSPS) is 11.2. The van der Waals surface area contributed by atoms with Crippen LogP contribution in [0, 0.1) is 12.7 Å². The van der Waals surface area contributed by atoms with Crippen molar-refractivity contribution in [3.8, 4) is 0 Å². The van der Waals surface area contributed by atoms with Gasteiger partial charge in [0, 0.05) is 19.7 Å². The molecule has 0 aliphatic heterocycles. The van der Waals surface area contributed by atoms with E-state index in [4.69, 9.17) is 11.6 Å². The Labute approximate surface area is 145 Å². The summed E-state index contributed by atoms with van der Waals surface area (Å²) in [5, 5.41) is -0.0953. The molecule has 0 aliphatic rings. The van der Waals surface area contributed by atoms with Crippen LogP contribution in [0.3, 0.4) is 0 Å². The van der Waals surface area contributed by atoms with Gasteiger partial charge < -0.3 is 4.90 Å². The summed E-state index contributed by atoms with van der Waals surface area (Å²) in [5.74, 6) is -0.979. The molecule has 0 saturated heterocycles. The molecule has 0 radical (unpaired) electrons. The van der Waals surface area contributed by atoms with Crippen LogP contribution in [0.2, 0.25) is 5.02 Å². The molecule has 0 atom stereocenters. The lowest BCUT2D eigenvalue weighted by Crippen LogP contribution is -2.22. The minimum absolute atomic E-state index is 0.0953. The van der Waals surface area contributed by atoms with Crippen LogP contribution in [-0.2, 0) is 10.0 Å². The van der Waals surface area contributed by atoms with Gasteiger partial charge in [-0.1, -0.05) is 17.7 Å². The molecule has 1 amide bonds. The van der Waals surface area contributed by atoms with Crippen molar-refractivity contribution in [1.29, 1.82) is 0 Å². The smallest absolute Gasteiger partial charge is 0.263 e. The molecule has 24 heavy (non-hydrogen) atoms. The van der Waals surface area contributed by atoms with Crippen molar-refractivity contribution >= 4 is 33.2 Å². The van der Waals surface area contributed by atoms with E-state index in [1.165, 1.54) is 17.0 Å². The lowest BCUT2D eigenvalue weighted by Gasteiger charge is -2.15. The SMILES string of the molecule is Cc1ccc(C(=O)N(C)C)cc1NS(=O)(=O)c1cc(F)ccc1Cl. The molecule has 1 N–H and O–H groups in total. The van der Waals surface area contributed by atoms with Crippen LogP contribution in [0.4, 0.5) is 10.1 Å². The second-order valence-corrected chi connectivity index (χ2v) is 7.47. The first-order valence-corrected chi connectivity index (χ1v) is 8.78. The molecule has 128 valence electrons. The van der Waals surface area contributed by atoms with Crippen molar-refractivity contribution in [2.75, 3.05) is 18.8 Å². The van der Waals surface area contributed by atoms with Gasteiger partial charge in [-0.05, 0) is 42.8 Å². The van der Waals surface area contributed by atoms with Crippen LogP contribution in [0.15, 0.2) is 41.3 Å². The Kier molecular flexibility index (Phi) is 5.15. The highest BCUT2D eigenvalue weighted by Crippen LogP contribution is 2.26. The van der Waals surface area contributed by atoms with Gasteiger partial charge in [-0.25, -0.2) is 12.8 Å². The van der Waals surface area contributed by atoms with Crippen LogP contribution >= 0.6 is 11.6 Å². The van der Waals surface area contributed by atoms with E-state index in [1.54, 1.807) is 33.2 Å². The number of anilines is 1. The van der Waals surface area contributed by atoms with Gasteiger partial charge in [-0.3, -0.25) is 9.52 Å². The molecule has 2 aromatic rings. The number of nitrogens with zero attached hydrogens (tertiary/aromatic N) is 1. The van der Waals surface area contributed by atoms with Crippen LogP contribution in [0.1, 0.15) is 15.9 Å². The minimum atomic E-state index is -4.10. The van der Waals surface area contributed by atoms with Crippen molar-refractivity contribution in [2.24, 2.45) is 0 Å². The van der Waals surface area contributed by atoms with Gasteiger partial charge in [0.05, 0.1) is 10.7 Å². The van der Waals surface area contributed by atoms with Crippen LogP contribution in [0.5, 0.6) is 0 Å². The standard InChI is InChI=1S/C16H16ClFN2O3S/c1-10-4-5-11(16(21)20(2)3)8-14(10)19-24(22,23)15-9-12(18)6-7-13(15)17/h4-9,19H,1-3H3. The van der Waals surface area contributed by atoms with E-state index in [2.05, 4.69) is 4.72 Å². The fourth-order valence-electron chi connectivity index (χ4n) is 2.01. The highest BCUT2D eigenvalue weighted by molar-refractivity contribution is 7.92. The minimum Gasteiger partial charge on any atom is -0.345 e. The fraction of sp³-hybridized carbons (Fsp3) is 0.188. The maximum absolute atomic E-state index is 13.4. The summed E-state index contributed by atoms with van der Waals surface area (Å²) in [4.78, 5) is 13.0. The van der Waals surface area contributed by atoms with Gasteiger partial charge in [-0.15, -0.1) is 0 Å². The predicted molar refractivity (Wildman–Crippen MR) is 91.4 cm³/mol. The van der Waals surface area contributed by atoms with Gasteiger partial charge in [-0.2, -0.15) is 0 Å². The van der Waals surface area contributed by atoms with E-state index >= 15 is 0 Å². The zero-order valence-electron chi connectivity index (χ0n) is 13.3. The van der Waals surface area contributed by atoms with Gasteiger partial charge in [0.15, 0.2) is 0 Å². The van der Waals surface area contributed by atoms with E-state index in [0.717, 1.165) is 12.1 Å². The van der Waals surface area contributed by atoms with E-state index in [-0.39, 0.29) is 21.5 Å². The molecule has 0 bridgehead atoms. The van der Waals surface area contributed by atoms with Crippen LogP contribution in [0.25, 0.3) is 0 Å². The second kappa shape index (κ2) is 6.78. The van der Waals surface area contributed by atoms with E-state index in [1.807, 2.05) is 0 Å². The number of amides is 1. The molecule has 0 fully saturated rings. The zero-order chi connectivity index (χ0) is 18.1. The molecule has 0 aliphatic carbocycles. The van der Waals surface area contributed by atoms with Crippen LogP contribution < -0.4 is 4.72 Å². The summed E-state index contributed by atoms with van der Waals surface area (Å²) in [5.41, 5.74) is 1.16. The third kappa shape index (κ3) is 3.85. The first kappa shape index (κ1) is 18.2. The Morgan fingerprint density at radius 3 is 2.46 bits per heavy atom. The van der Waals surface area contributed by atoms with Gasteiger partial charge >= 0.3 is 0 Å². The molecule has 0 heterocycles. The number of hydrogen-bond donors (Lipinski definition) is 1. The lowest BCUT2D eigenvalue weighted by molar-refractivity contribution is 0.0827. The number of carbonyl (C=O) groups is 1. The number of sulfonamides is 1. The number of benzene rings is 2. The van der Waals surface area contributed by atoms with Crippen molar-refractivity contribution < 1.29 is 17.6 Å². The first-order chi connectivity index (χ1) is 11.1. The Morgan fingerprint density at radius 2 is 1.83 bits per heavy atom. The molecular weight excluding hydrogens is 355 g/mol. The quantitative estimate of drug-likeness (QED) is 0.898. The van der Waals surface area contributed by atoms with E-state index in [0.29, 0.717) is 11.1 Å². The second-order valence-electron chi connectivity index (χ2n) is 5.41. The monoisotopic (exact) mass is 370 g/mol. The Hall–Kier alpha value is -2.12. The molecule has 0 unspecified atom stereocenters. The van der Waals surface area contributed by atoms with Gasteiger partial charge in [0.1, 0.15) is 10.7 Å². The summed E-state index contributed by atoms with van der Waals surface area (Å²) in [6, 6.07) is 7.75. The first-order valence-electron chi connectivity index (χ1n) is 6.92. The number of aryl methyl sites for hydroxylation is 1. The summed E-state index contributed by atoms with van der Waals surface area (Å²) < 4.78 is 40.7. The predicted octanol–water partition coefficient (Wildman–Crippen LogP) is 3.29. The zero-order valence-corrected chi connectivity index (χ0v) is 14.9. The van der Waals surface area contributed by atoms with Crippen molar-refractivity contribution in [3.63, 3.8) is 0 Å². The van der Waals surface area contributed by atoms with Gasteiger partial charge in [0.25, 0.3) is 15.9 Å². The number of halogens is 2. The van der Waals surface area contributed by atoms with Crippen LogP contribution in [-0.4, -0.2) is 33.3 Å². The number of hydrogen-bond acceptors (Lipinski definition) is 3. The highest BCUT2D eigenvalue weighted by atomic mass is 35.5. The largest absolute Gasteiger partial charge is 0.345 e. The summed E-state index contributed by atoms with van der Waals surface area (Å²) in [6.07, 6.45) is 0. The molecule has 8 heteroatoms.